The number of aromatic nitrogens is 1. The van der Waals surface area contributed by atoms with Gasteiger partial charge in [0.2, 0.25) is 12.4 Å². The number of Topliss-reactive ketones (excluding diaryl/α,β-unsaturated/α-hetero) is 2. The van der Waals surface area contributed by atoms with Crippen LogP contribution in [-0.4, -0.2) is 59.8 Å². The Kier molecular flexibility index (Phi) is 6.88. The van der Waals surface area contributed by atoms with Crippen molar-refractivity contribution < 1.29 is 22.8 Å². The van der Waals surface area contributed by atoms with Gasteiger partial charge in [0.05, 0.1) is 23.5 Å². The summed E-state index contributed by atoms with van der Waals surface area (Å²) in [7, 11) is 0. The Hall–Kier alpha value is -3.07. The summed E-state index contributed by atoms with van der Waals surface area (Å²) >= 11 is 0. The number of rotatable bonds is 7. The molecule has 0 unspecified atom stereocenters. The maximum atomic E-state index is 14.5. The number of aliphatic imine (C=N–C) groups is 1. The maximum Gasteiger partial charge on any atom is 0.244 e. The van der Waals surface area contributed by atoms with E-state index in [2.05, 4.69) is 14.9 Å². The molecule has 33 heavy (non-hydrogen) atoms. The first-order valence-corrected chi connectivity index (χ1v) is 11.0. The van der Waals surface area contributed by atoms with Crippen LogP contribution in [0.1, 0.15) is 41.4 Å². The van der Waals surface area contributed by atoms with Gasteiger partial charge in [-0.05, 0) is 29.3 Å². The second kappa shape index (κ2) is 9.82. The standard InChI is InChI=1S/C24H25F3N4O2/c1-2-21(32)18-5-6-20(24(27)29-18)31-9-7-30(8-10-31)14-15-3-4-17-16(11-15)12-22(33)19(28-17)13-23(25)26/h3-6,11,23H,2,7-10,12-14H2,1H3. The van der Waals surface area contributed by atoms with E-state index in [1.165, 1.54) is 0 Å². The van der Waals surface area contributed by atoms with Crippen molar-refractivity contribution in [3.8, 4) is 0 Å². The lowest BCUT2D eigenvalue weighted by Gasteiger charge is -2.36. The van der Waals surface area contributed by atoms with Crippen molar-refractivity contribution in [2.24, 2.45) is 4.99 Å². The van der Waals surface area contributed by atoms with Crippen molar-refractivity contribution in [2.45, 2.75) is 39.2 Å². The minimum atomic E-state index is -2.59. The topological polar surface area (TPSA) is 65.9 Å². The Balaban J connectivity index is 1.37. The lowest BCUT2D eigenvalue weighted by molar-refractivity contribution is -0.112. The molecule has 1 aromatic carbocycles. The Morgan fingerprint density at radius 2 is 1.88 bits per heavy atom. The van der Waals surface area contributed by atoms with Gasteiger partial charge in [-0.1, -0.05) is 19.1 Å². The van der Waals surface area contributed by atoms with Gasteiger partial charge in [0.1, 0.15) is 5.69 Å². The van der Waals surface area contributed by atoms with Crippen molar-refractivity contribution in [3.63, 3.8) is 0 Å². The second-order valence-corrected chi connectivity index (χ2v) is 8.26. The average Bonchev–Trinajstić information content (AvgIpc) is 2.79. The fraction of sp³-hybridized carbons (Fsp3) is 0.417. The number of hydrogen-bond acceptors (Lipinski definition) is 6. The Labute approximate surface area is 190 Å². The Morgan fingerprint density at radius 3 is 2.55 bits per heavy atom. The highest BCUT2D eigenvalue weighted by atomic mass is 19.3. The number of benzene rings is 1. The molecule has 2 aliphatic rings. The molecular formula is C24H25F3N4O2. The lowest BCUT2D eigenvalue weighted by Crippen LogP contribution is -2.46. The highest BCUT2D eigenvalue weighted by Gasteiger charge is 2.24. The first kappa shape index (κ1) is 23.1. The number of hydrogen-bond donors (Lipinski definition) is 0. The van der Waals surface area contributed by atoms with Gasteiger partial charge in [0.15, 0.2) is 11.6 Å². The summed E-state index contributed by atoms with van der Waals surface area (Å²) in [5.41, 5.74) is 2.82. The van der Waals surface area contributed by atoms with Crippen molar-refractivity contribution in [1.29, 1.82) is 0 Å². The normalized spacial score (nSPS) is 16.7. The molecule has 4 rings (SSSR count). The summed E-state index contributed by atoms with van der Waals surface area (Å²) in [6.45, 7) is 5.03. The van der Waals surface area contributed by atoms with Crippen LogP contribution >= 0.6 is 0 Å². The van der Waals surface area contributed by atoms with Gasteiger partial charge in [-0.25, -0.2) is 18.8 Å². The average molecular weight is 458 g/mol. The van der Waals surface area contributed by atoms with Crippen LogP contribution in [0.5, 0.6) is 0 Å². The molecule has 0 bridgehead atoms. The van der Waals surface area contributed by atoms with Crippen LogP contribution in [0.3, 0.4) is 0 Å². The molecule has 0 radical (unpaired) electrons. The maximum absolute atomic E-state index is 14.5. The molecule has 6 nitrogen and oxygen atoms in total. The van der Waals surface area contributed by atoms with Crippen molar-refractivity contribution in [3.05, 3.63) is 53.1 Å². The summed E-state index contributed by atoms with van der Waals surface area (Å²) in [5, 5.41) is 0. The minimum Gasteiger partial charge on any atom is -0.365 e. The van der Waals surface area contributed by atoms with Gasteiger partial charge in [0.25, 0.3) is 0 Å². The van der Waals surface area contributed by atoms with Crippen LogP contribution < -0.4 is 4.90 Å². The van der Waals surface area contributed by atoms with Gasteiger partial charge in [-0.3, -0.25) is 14.5 Å². The number of ketones is 2. The molecule has 0 saturated carbocycles. The van der Waals surface area contributed by atoms with Crippen LogP contribution in [-0.2, 0) is 17.8 Å². The summed E-state index contributed by atoms with van der Waals surface area (Å²) in [6, 6.07) is 8.77. The molecule has 0 amide bonds. The smallest absolute Gasteiger partial charge is 0.244 e. The Morgan fingerprint density at radius 1 is 1.12 bits per heavy atom. The molecule has 3 heterocycles. The lowest BCUT2D eigenvalue weighted by atomic mass is 9.97. The highest BCUT2D eigenvalue weighted by molar-refractivity contribution is 6.41. The molecule has 0 aliphatic carbocycles. The molecular weight excluding hydrogens is 433 g/mol. The fourth-order valence-corrected chi connectivity index (χ4v) is 4.18. The molecule has 0 spiro atoms. The zero-order chi connectivity index (χ0) is 23.5. The highest BCUT2D eigenvalue weighted by Crippen LogP contribution is 2.28. The molecule has 1 saturated heterocycles. The van der Waals surface area contributed by atoms with Crippen LogP contribution in [0.2, 0.25) is 0 Å². The van der Waals surface area contributed by atoms with Crippen LogP contribution in [0.25, 0.3) is 0 Å². The number of nitrogens with zero attached hydrogens (tertiary/aromatic N) is 4. The molecule has 0 atom stereocenters. The number of anilines is 1. The largest absolute Gasteiger partial charge is 0.365 e. The third-order valence-corrected chi connectivity index (χ3v) is 5.97. The first-order valence-electron chi connectivity index (χ1n) is 11.0. The number of pyridine rings is 1. The van der Waals surface area contributed by atoms with Gasteiger partial charge in [-0.15, -0.1) is 0 Å². The molecule has 0 N–H and O–H groups in total. The quantitative estimate of drug-likeness (QED) is 0.464. The predicted molar refractivity (Wildman–Crippen MR) is 119 cm³/mol. The fourth-order valence-electron chi connectivity index (χ4n) is 4.18. The van der Waals surface area contributed by atoms with Crippen molar-refractivity contribution in [2.75, 3.05) is 31.1 Å². The zero-order valence-corrected chi connectivity index (χ0v) is 18.4. The number of carbonyl (C=O) groups excluding carboxylic acids is 2. The number of piperazine rings is 1. The van der Waals surface area contributed by atoms with Gasteiger partial charge in [-0.2, -0.15) is 4.39 Å². The summed E-state index contributed by atoms with van der Waals surface area (Å²) < 4.78 is 39.7. The summed E-state index contributed by atoms with van der Waals surface area (Å²) in [6.07, 6.45) is -2.83. The van der Waals surface area contributed by atoms with E-state index in [4.69, 9.17) is 0 Å². The van der Waals surface area contributed by atoms with E-state index in [1.807, 2.05) is 17.0 Å². The third kappa shape index (κ3) is 5.30. The molecule has 1 fully saturated rings. The molecule has 2 aromatic rings. The first-order chi connectivity index (χ1) is 15.8. The van der Waals surface area contributed by atoms with E-state index >= 15 is 0 Å². The number of carbonyl (C=O) groups is 2. The Bertz CT molecular complexity index is 1100. The van der Waals surface area contributed by atoms with Crippen LogP contribution in [0.15, 0.2) is 35.3 Å². The molecule has 174 valence electrons. The second-order valence-electron chi connectivity index (χ2n) is 8.26. The summed E-state index contributed by atoms with van der Waals surface area (Å²) in [5.74, 6) is -1.17. The van der Waals surface area contributed by atoms with Crippen LogP contribution in [0, 0.1) is 5.95 Å². The summed E-state index contributed by atoms with van der Waals surface area (Å²) in [4.78, 5) is 36.0. The van der Waals surface area contributed by atoms with Gasteiger partial charge >= 0.3 is 0 Å². The van der Waals surface area contributed by atoms with E-state index in [9.17, 15) is 22.8 Å². The number of alkyl halides is 2. The SMILES string of the molecule is CCC(=O)c1ccc(N2CCN(Cc3ccc4c(c3)CC(=O)C(CC(F)F)=N4)CC2)c(F)n1. The zero-order valence-electron chi connectivity index (χ0n) is 18.4. The predicted octanol–water partition coefficient (Wildman–Crippen LogP) is 3.99. The molecule has 1 aromatic heterocycles. The van der Waals surface area contributed by atoms with E-state index in [1.54, 1.807) is 25.1 Å². The van der Waals surface area contributed by atoms with E-state index < -0.39 is 18.8 Å². The van der Waals surface area contributed by atoms with Gasteiger partial charge in [0, 0.05) is 45.6 Å². The van der Waals surface area contributed by atoms with E-state index in [0.717, 1.165) is 11.1 Å². The van der Waals surface area contributed by atoms with E-state index in [0.29, 0.717) is 44.1 Å². The van der Waals surface area contributed by atoms with Crippen LogP contribution in [0.4, 0.5) is 24.5 Å². The van der Waals surface area contributed by atoms with Gasteiger partial charge < -0.3 is 4.90 Å². The molecule has 9 heteroatoms. The van der Waals surface area contributed by atoms with Crippen molar-refractivity contribution >= 4 is 28.7 Å². The third-order valence-electron chi connectivity index (χ3n) is 5.97. The number of halogens is 3. The van der Waals surface area contributed by atoms with E-state index in [-0.39, 0.29) is 35.8 Å². The number of fused-ring (bicyclic) bond motifs is 1. The minimum absolute atomic E-state index is 0.0600. The monoisotopic (exact) mass is 458 g/mol. The molecule has 2 aliphatic heterocycles. The van der Waals surface area contributed by atoms with Crippen molar-refractivity contribution in [1.82, 2.24) is 9.88 Å².